The summed E-state index contributed by atoms with van der Waals surface area (Å²) in [5.41, 5.74) is 2.67. The monoisotopic (exact) mass is 537 g/mol. The first-order valence-corrected chi connectivity index (χ1v) is 13.1. The number of ether oxygens (including phenoxy) is 1. The average molecular weight is 538 g/mol. The molecule has 4 atom stereocenters. The van der Waals surface area contributed by atoms with Crippen LogP contribution in [0.2, 0.25) is 10.0 Å². The van der Waals surface area contributed by atoms with Crippen molar-refractivity contribution in [1.29, 1.82) is 0 Å². The second-order valence-corrected chi connectivity index (χ2v) is 10.8. The number of rotatable bonds is 5. The van der Waals surface area contributed by atoms with Gasteiger partial charge in [-0.05, 0) is 49.1 Å². The molecule has 0 aliphatic carbocycles. The summed E-state index contributed by atoms with van der Waals surface area (Å²) in [5, 5.41) is 16.3. The summed E-state index contributed by atoms with van der Waals surface area (Å²) in [6, 6.07) is 17.3. The van der Waals surface area contributed by atoms with Gasteiger partial charge in [0.05, 0.1) is 16.0 Å². The van der Waals surface area contributed by atoms with Gasteiger partial charge in [0.2, 0.25) is 0 Å². The SMILES string of the molecule is Cc1ccc(COc2c(Cl)cc([C@@H]3[C@@H]4CCCN4[C@@]4(C(=O)Nc5ccccc54)[C@@H]3[N+](=O)[O-])cc2Cl)cc1. The number of carbonyl (C=O) groups excluding carboxylic acids is 1. The molecule has 37 heavy (non-hydrogen) atoms. The topological polar surface area (TPSA) is 84.7 Å². The molecular formula is C28H25Cl2N3O4. The van der Waals surface area contributed by atoms with Crippen molar-refractivity contribution in [3.63, 3.8) is 0 Å². The van der Waals surface area contributed by atoms with Crippen LogP contribution in [0.4, 0.5) is 5.69 Å². The Balaban J connectivity index is 1.40. The Morgan fingerprint density at radius 3 is 2.54 bits per heavy atom. The quantitative estimate of drug-likeness (QED) is 0.321. The molecule has 2 fully saturated rings. The molecule has 1 amide bonds. The maximum Gasteiger partial charge on any atom is 0.256 e. The second kappa shape index (κ2) is 9.01. The number of benzene rings is 3. The molecule has 7 nitrogen and oxygen atoms in total. The normalized spacial score (nSPS) is 26.2. The Labute approximate surface area is 224 Å². The lowest BCUT2D eigenvalue weighted by atomic mass is 9.77. The molecule has 6 rings (SSSR count). The zero-order valence-corrected chi connectivity index (χ0v) is 21.6. The van der Waals surface area contributed by atoms with Crippen molar-refractivity contribution in [2.24, 2.45) is 0 Å². The molecule has 0 unspecified atom stereocenters. The van der Waals surface area contributed by atoms with E-state index in [0.29, 0.717) is 39.2 Å². The van der Waals surface area contributed by atoms with Gasteiger partial charge in [0.25, 0.3) is 11.9 Å². The molecule has 0 saturated carbocycles. The summed E-state index contributed by atoms with van der Waals surface area (Å²) in [6.07, 6.45) is 1.59. The molecule has 1 spiro atoms. The summed E-state index contributed by atoms with van der Waals surface area (Å²) < 4.78 is 5.96. The summed E-state index contributed by atoms with van der Waals surface area (Å²) in [5.74, 6) is -0.583. The van der Waals surface area contributed by atoms with Crippen LogP contribution in [0.3, 0.4) is 0 Å². The van der Waals surface area contributed by atoms with Crippen molar-refractivity contribution in [2.45, 2.75) is 49.9 Å². The van der Waals surface area contributed by atoms with Gasteiger partial charge in [-0.3, -0.25) is 19.8 Å². The van der Waals surface area contributed by atoms with Gasteiger partial charge in [-0.25, -0.2) is 0 Å². The lowest BCUT2D eigenvalue weighted by Gasteiger charge is -2.32. The number of anilines is 1. The van der Waals surface area contributed by atoms with Gasteiger partial charge in [0.15, 0.2) is 11.3 Å². The van der Waals surface area contributed by atoms with Crippen LogP contribution in [0.1, 0.15) is 41.0 Å². The van der Waals surface area contributed by atoms with Gasteiger partial charge in [-0.15, -0.1) is 0 Å². The fourth-order valence-corrected chi connectivity index (χ4v) is 7.14. The van der Waals surface area contributed by atoms with E-state index in [1.165, 1.54) is 0 Å². The number of para-hydroxylation sites is 1. The van der Waals surface area contributed by atoms with Crippen LogP contribution in [-0.4, -0.2) is 34.4 Å². The van der Waals surface area contributed by atoms with Gasteiger partial charge >= 0.3 is 0 Å². The van der Waals surface area contributed by atoms with Gasteiger partial charge in [-0.2, -0.15) is 0 Å². The van der Waals surface area contributed by atoms with Crippen LogP contribution >= 0.6 is 23.2 Å². The smallest absolute Gasteiger partial charge is 0.256 e. The number of fused-ring (bicyclic) bond motifs is 4. The number of hydrogen-bond acceptors (Lipinski definition) is 5. The number of amides is 1. The number of nitro groups is 1. The molecule has 9 heteroatoms. The van der Waals surface area contributed by atoms with E-state index in [2.05, 4.69) is 5.32 Å². The Morgan fingerprint density at radius 1 is 1.14 bits per heavy atom. The van der Waals surface area contributed by atoms with Crippen molar-refractivity contribution in [2.75, 3.05) is 11.9 Å². The molecule has 190 valence electrons. The summed E-state index contributed by atoms with van der Waals surface area (Å²) in [7, 11) is 0. The average Bonchev–Trinajstić information content (AvgIpc) is 3.53. The van der Waals surface area contributed by atoms with Gasteiger partial charge in [-0.1, -0.05) is 71.2 Å². The fourth-order valence-electron chi connectivity index (χ4n) is 6.52. The third-order valence-corrected chi connectivity index (χ3v) is 8.56. The third kappa shape index (κ3) is 3.63. The number of hydrogen-bond donors (Lipinski definition) is 1. The van der Waals surface area contributed by atoms with E-state index in [9.17, 15) is 14.9 Å². The minimum absolute atomic E-state index is 0.196. The van der Waals surface area contributed by atoms with Crippen molar-refractivity contribution in [1.82, 2.24) is 4.90 Å². The lowest BCUT2D eigenvalue weighted by molar-refractivity contribution is -0.534. The highest BCUT2D eigenvalue weighted by Crippen LogP contribution is 2.58. The minimum Gasteiger partial charge on any atom is -0.486 e. The van der Waals surface area contributed by atoms with Crippen LogP contribution in [0.25, 0.3) is 0 Å². The predicted octanol–water partition coefficient (Wildman–Crippen LogP) is 5.94. The minimum atomic E-state index is -1.38. The Hall–Kier alpha value is -3.13. The van der Waals surface area contributed by atoms with Crippen molar-refractivity contribution >= 4 is 34.8 Å². The Bertz CT molecular complexity index is 1390. The van der Waals surface area contributed by atoms with Crippen LogP contribution < -0.4 is 10.1 Å². The van der Waals surface area contributed by atoms with Gasteiger partial charge in [0, 0.05) is 28.8 Å². The molecule has 0 radical (unpaired) electrons. The molecule has 1 N–H and O–H groups in total. The first-order chi connectivity index (χ1) is 17.8. The standard InChI is InChI=1S/C28H25Cl2N3O4/c1-16-8-10-17(11-9-16)15-37-25-20(29)13-18(14-21(25)30)24-23-7-4-12-32(23)28(26(24)33(35)36)19-5-2-3-6-22(19)31-27(28)34/h2-3,5-6,8-11,13-14,23-24,26H,4,7,12,15H2,1H3,(H,31,34)/t23-,24+,26+,28+/m0/s1. The zero-order valence-electron chi connectivity index (χ0n) is 20.1. The van der Waals surface area contributed by atoms with E-state index in [4.69, 9.17) is 27.9 Å². The maximum atomic E-state index is 13.6. The summed E-state index contributed by atoms with van der Waals surface area (Å²) >= 11 is 13.3. The van der Waals surface area contributed by atoms with E-state index in [-0.39, 0.29) is 23.5 Å². The first kappa shape index (κ1) is 24.2. The molecule has 2 saturated heterocycles. The van der Waals surface area contributed by atoms with E-state index in [1.807, 2.05) is 54.3 Å². The number of nitrogens with zero attached hydrogens (tertiary/aromatic N) is 2. The van der Waals surface area contributed by atoms with Crippen molar-refractivity contribution < 1.29 is 14.5 Å². The highest BCUT2D eigenvalue weighted by molar-refractivity contribution is 6.37. The number of carbonyl (C=O) groups is 1. The first-order valence-electron chi connectivity index (χ1n) is 12.3. The largest absolute Gasteiger partial charge is 0.486 e. The fraction of sp³-hybridized carbons (Fsp3) is 0.321. The molecular weight excluding hydrogens is 513 g/mol. The third-order valence-electron chi connectivity index (χ3n) is 8.00. The molecule has 3 aliphatic rings. The van der Waals surface area contributed by atoms with E-state index in [0.717, 1.165) is 24.0 Å². The van der Waals surface area contributed by atoms with Crippen LogP contribution in [-0.2, 0) is 16.9 Å². The number of halogens is 2. The highest BCUT2D eigenvalue weighted by Gasteiger charge is 2.73. The van der Waals surface area contributed by atoms with Gasteiger partial charge < -0.3 is 10.1 Å². The van der Waals surface area contributed by atoms with E-state index < -0.39 is 17.5 Å². The van der Waals surface area contributed by atoms with E-state index >= 15 is 0 Å². The molecule has 3 heterocycles. The summed E-state index contributed by atoms with van der Waals surface area (Å²) in [4.78, 5) is 28.1. The van der Waals surface area contributed by atoms with Crippen LogP contribution in [0.15, 0.2) is 60.7 Å². The predicted molar refractivity (Wildman–Crippen MR) is 142 cm³/mol. The molecule has 3 aromatic rings. The number of nitrogens with one attached hydrogen (secondary N) is 1. The van der Waals surface area contributed by atoms with Gasteiger partial charge in [0.1, 0.15) is 6.61 Å². The van der Waals surface area contributed by atoms with E-state index in [1.54, 1.807) is 18.2 Å². The lowest BCUT2D eigenvalue weighted by Crippen LogP contribution is -2.55. The highest BCUT2D eigenvalue weighted by atomic mass is 35.5. The number of aryl methyl sites for hydroxylation is 1. The summed E-state index contributed by atoms with van der Waals surface area (Å²) in [6.45, 7) is 2.91. The molecule has 0 bridgehead atoms. The maximum absolute atomic E-state index is 13.6. The molecule has 3 aromatic carbocycles. The Morgan fingerprint density at radius 2 is 1.84 bits per heavy atom. The zero-order chi connectivity index (χ0) is 25.9. The second-order valence-electron chi connectivity index (χ2n) is 10.0. The molecule has 0 aromatic heterocycles. The molecule has 3 aliphatic heterocycles. The van der Waals surface area contributed by atoms with Crippen LogP contribution in [0, 0.1) is 17.0 Å². The Kier molecular flexibility index (Phi) is 5.90. The van der Waals surface area contributed by atoms with Crippen LogP contribution in [0.5, 0.6) is 5.75 Å². The van der Waals surface area contributed by atoms with Crippen molar-refractivity contribution in [3.8, 4) is 5.75 Å². The van der Waals surface area contributed by atoms with Crippen molar-refractivity contribution in [3.05, 3.63) is 103 Å².